The van der Waals surface area contributed by atoms with Crippen molar-refractivity contribution in [3.63, 3.8) is 0 Å². The van der Waals surface area contributed by atoms with Gasteiger partial charge in [-0.15, -0.1) is 0 Å². The normalized spacial score (nSPS) is 23.6. The molecule has 16 heavy (non-hydrogen) atoms. The highest BCUT2D eigenvalue weighted by molar-refractivity contribution is 5.93. The van der Waals surface area contributed by atoms with Crippen molar-refractivity contribution in [1.82, 2.24) is 0 Å². The van der Waals surface area contributed by atoms with Gasteiger partial charge < -0.3 is 11.1 Å². The van der Waals surface area contributed by atoms with E-state index in [-0.39, 0.29) is 5.91 Å². The number of aryl methyl sites for hydroxylation is 1. The Balaban J connectivity index is 2.07. The molecule has 0 aromatic heterocycles. The Labute approximate surface area is 96.0 Å². The summed E-state index contributed by atoms with van der Waals surface area (Å²) in [7, 11) is 0. The Morgan fingerprint density at radius 1 is 1.44 bits per heavy atom. The van der Waals surface area contributed by atoms with Crippen LogP contribution in [0.5, 0.6) is 0 Å². The van der Waals surface area contributed by atoms with E-state index in [2.05, 4.69) is 12.2 Å². The van der Waals surface area contributed by atoms with Gasteiger partial charge in [0.25, 0.3) is 0 Å². The van der Waals surface area contributed by atoms with Crippen molar-refractivity contribution in [3.05, 3.63) is 29.3 Å². The van der Waals surface area contributed by atoms with E-state index < -0.39 is 0 Å². The van der Waals surface area contributed by atoms with Crippen LogP contribution in [-0.2, 0) is 0 Å². The standard InChI is InChI=1S/C13H18N2O/c1-8-5-11(6-8)15-12-4-3-10(13(14)16)7-9(12)2/h3-4,7-8,11,15H,5-6H2,1-2H3,(H2,14,16). The summed E-state index contributed by atoms with van der Waals surface area (Å²) in [4.78, 5) is 11.0. The van der Waals surface area contributed by atoms with Gasteiger partial charge in [0.2, 0.25) is 5.91 Å². The molecule has 2 rings (SSSR count). The maximum atomic E-state index is 11.0. The van der Waals surface area contributed by atoms with Gasteiger partial charge in [-0.2, -0.15) is 0 Å². The van der Waals surface area contributed by atoms with E-state index in [1.54, 1.807) is 6.07 Å². The van der Waals surface area contributed by atoms with Gasteiger partial charge >= 0.3 is 0 Å². The summed E-state index contributed by atoms with van der Waals surface area (Å²) in [5.74, 6) is 0.467. The molecule has 0 radical (unpaired) electrons. The number of hydrogen-bond acceptors (Lipinski definition) is 2. The zero-order chi connectivity index (χ0) is 11.7. The van der Waals surface area contributed by atoms with Crippen LogP contribution in [0.15, 0.2) is 18.2 Å². The largest absolute Gasteiger partial charge is 0.382 e. The lowest BCUT2D eigenvalue weighted by molar-refractivity contribution is 0.100. The number of rotatable bonds is 3. The molecule has 0 bridgehead atoms. The molecule has 1 aromatic carbocycles. The molecule has 1 fully saturated rings. The molecule has 1 aromatic rings. The molecule has 0 spiro atoms. The molecule has 3 N–H and O–H groups in total. The number of nitrogens with two attached hydrogens (primary N) is 1. The molecule has 1 saturated carbocycles. The Kier molecular flexibility index (Phi) is 2.86. The van der Waals surface area contributed by atoms with E-state index in [0.717, 1.165) is 17.2 Å². The Bertz CT molecular complexity index is 408. The first kappa shape index (κ1) is 11.0. The maximum Gasteiger partial charge on any atom is 0.248 e. The Morgan fingerprint density at radius 2 is 2.12 bits per heavy atom. The quantitative estimate of drug-likeness (QED) is 0.818. The van der Waals surface area contributed by atoms with Crippen molar-refractivity contribution in [3.8, 4) is 0 Å². The third-order valence-corrected chi connectivity index (χ3v) is 3.24. The predicted molar refractivity (Wildman–Crippen MR) is 65.5 cm³/mol. The zero-order valence-corrected chi connectivity index (χ0v) is 9.79. The average molecular weight is 218 g/mol. The molecule has 0 atom stereocenters. The second-order valence-electron chi connectivity index (χ2n) is 4.81. The summed E-state index contributed by atoms with van der Waals surface area (Å²) >= 11 is 0. The molecule has 1 aliphatic carbocycles. The first-order chi connectivity index (χ1) is 7.56. The topological polar surface area (TPSA) is 55.1 Å². The van der Waals surface area contributed by atoms with Crippen LogP contribution < -0.4 is 11.1 Å². The molecule has 86 valence electrons. The van der Waals surface area contributed by atoms with Gasteiger partial charge in [-0.05, 0) is 49.4 Å². The van der Waals surface area contributed by atoms with Crippen LogP contribution in [0, 0.1) is 12.8 Å². The van der Waals surface area contributed by atoms with Crippen LogP contribution in [0.25, 0.3) is 0 Å². The minimum absolute atomic E-state index is 0.369. The van der Waals surface area contributed by atoms with E-state index >= 15 is 0 Å². The van der Waals surface area contributed by atoms with E-state index in [9.17, 15) is 4.79 Å². The highest BCUT2D eigenvalue weighted by Crippen LogP contribution is 2.30. The van der Waals surface area contributed by atoms with E-state index in [4.69, 9.17) is 5.73 Å². The van der Waals surface area contributed by atoms with Crippen LogP contribution in [0.3, 0.4) is 0 Å². The molecular weight excluding hydrogens is 200 g/mol. The van der Waals surface area contributed by atoms with Crippen molar-refractivity contribution in [2.24, 2.45) is 11.7 Å². The van der Waals surface area contributed by atoms with Gasteiger partial charge in [0.15, 0.2) is 0 Å². The van der Waals surface area contributed by atoms with Gasteiger partial charge in [0.05, 0.1) is 0 Å². The van der Waals surface area contributed by atoms with Crippen molar-refractivity contribution in [2.45, 2.75) is 32.7 Å². The number of hydrogen-bond donors (Lipinski definition) is 2. The SMILES string of the molecule is Cc1cc(C(N)=O)ccc1NC1CC(C)C1. The lowest BCUT2D eigenvalue weighted by Gasteiger charge is -2.34. The summed E-state index contributed by atoms with van der Waals surface area (Å²) < 4.78 is 0. The minimum Gasteiger partial charge on any atom is -0.382 e. The summed E-state index contributed by atoms with van der Waals surface area (Å²) in [6.45, 7) is 4.26. The number of benzene rings is 1. The molecular formula is C13H18N2O. The molecule has 0 saturated heterocycles. The van der Waals surface area contributed by atoms with Crippen molar-refractivity contribution < 1.29 is 4.79 Å². The second-order valence-corrected chi connectivity index (χ2v) is 4.81. The zero-order valence-electron chi connectivity index (χ0n) is 9.79. The third kappa shape index (κ3) is 2.18. The lowest BCUT2D eigenvalue weighted by Crippen LogP contribution is -2.34. The third-order valence-electron chi connectivity index (χ3n) is 3.24. The number of carbonyl (C=O) groups excluding carboxylic acids is 1. The highest BCUT2D eigenvalue weighted by atomic mass is 16.1. The number of primary amides is 1. The molecule has 1 aliphatic rings. The maximum absolute atomic E-state index is 11.0. The smallest absolute Gasteiger partial charge is 0.248 e. The summed E-state index contributed by atoms with van der Waals surface area (Å²) in [6, 6.07) is 6.15. The Hall–Kier alpha value is -1.51. The van der Waals surface area contributed by atoms with E-state index in [0.29, 0.717) is 11.6 Å². The predicted octanol–water partition coefficient (Wildman–Crippen LogP) is 2.30. The molecule has 0 heterocycles. The van der Waals surface area contributed by atoms with Crippen LogP contribution in [-0.4, -0.2) is 11.9 Å². The summed E-state index contributed by atoms with van der Waals surface area (Å²) in [5.41, 5.74) is 8.00. The van der Waals surface area contributed by atoms with Crippen molar-refractivity contribution in [2.75, 3.05) is 5.32 Å². The fraction of sp³-hybridized carbons (Fsp3) is 0.462. The van der Waals surface area contributed by atoms with Gasteiger partial charge in [-0.1, -0.05) is 6.92 Å². The van der Waals surface area contributed by atoms with Gasteiger partial charge in [0, 0.05) is 17.3 Å². The van der Waals surface area contributed by atoms with Gasteiger partial charge in [-0.25, -0.2) is 0 Å². The molecule has 1 amide bonds. The minimum atomic E-state index is -0.369. The van der Waals surface area contributed by atoms with E-state index in [1.807, 2.05) is 19.1 Å². The fourth-order valence-corrected chi connectivity index (χ4v) is 2.22. The number of carbonyl (C=O) groups is 1. The van der Waals surface area contributed by atoms with Crippen LogP contribution in [0.4, 0.5) is 5.69 Å². The molecule has 0 unspecified atom stereocenters. The highest BCUT2D eigenvalue weighted by Gasteiger charge is 2.25. The molecule has 0 aliphatic heterocycles. The molecule has 3 heteroatoms. The fourth-order valence-electron chi connectivity index (χ4n) is 2.22. The monoisotopic (exact) mass is 218 g/mol. The summed E-state index contributed by atoms with van der Waals surface area (Å²) in [6.07, 6.45) is 2.47. The van der Waals surface area contributed by atoms with E-state index in [1.165, 1.54) is 12.8 Å². The molecule has 3 nitrogen and oxygen atoms in total. The van der Waals surface area contributed by atoms with Crippen LogP contribution in [0.1, 0.15) is 35.7 Å². The van der Waals surface area contributed by atoms with Crippen molar-refractivity contribution in [1.29, 1.82) is 0 Å². The van der Waals surface area contributed by atoms with Gasteiger partial charge in [0.1, 0.15) is 0 Å². The van der Waals surface area contributed by atoms with Crippen molar-refractivity contribution >= 4 is 11.6 Å². The number of amides is 1. The second kappa shape index (κ2) is 4.16. The Morgan fingerprint density at radius 3 is 2.62 bits per heavy atom. The first-order valence-corrected chi connectivity index (χ1v) is 5.73. The van der Waals surface area contributed by atoms with Crippen LogP contribution >= 0.6 is 0 Å². The van der Waals surface area contributed by atoms with Crippen LogP contribution in [0.2, 0.25) is 0 Å². The number of nitrogens with one attached hydrogen (secondary N) is 1. The first-order valence-electron chi connectivity index (χ1n) is 5.73. The number of anilines is 1. The average Bonchev–Trinajstić information content (AvgIpc) is 2.18. The lowest BCUT2D eigenvalue weighted by atomic mass is 9.81. The summed E-state index contributed by atoms with van der Waals surface area (Å²) in [5, 5.41) is 3.49. The van der Waals surface area contributed by atoms with Gasteiger partial charge in [-0.3, -0.25) is 4.79 Å².